The van der Waals surface area contributed by atoms with Gasteiger partial charge in [-0.15, -0.1) is 0 Å². The van der Waals surface area contributed by atoms with Gasteiger partial charge in [0.1, 0.15) is 11.6 Å². The van der Waals surface area contributed by atoms with Gasteiger partial charge in [0.2, 0.25) is 0 Å². The van der Waals surface area contributed by atoms with Gasteiger partial charge in [0.15, 0.2) is 0 Å². The maximum atomic E-state index is 13.3. The first kappa shape index (κ1) is 42.4. The van der Waals surface area contributed by atoms with E-state index in [0.29, 0.717) is 28.4 Å². The summed E-state index contributed by atoms with van der Waals surface area (Å²) < 4.78 is 66.4. The van der Waals surface area contributed by atoms with Gasteiger partial charge in [-0.25, -0.2) is 30.8 Å². The van der Waals surface area contributed by atoms with Crippen molar-refractivity contribution < 1.29 is 31.1 Å². The average molecular weight is 856 g/mol. The molecule has 1 aliphatic carbocycles. The van der Waals surface area contributed by atoms with E-state index in [-0.39, 0.29) is 32.6 Å². The number of amides is 1. The molecule has 8 rings (SSSR count). The van der Waals surface area contributed by atoms with E-state index in [9.17, 15) is 21.6 Å². The number of hydrogen-bond acceptors (Lipinski definition) is 9. The Hall–Kier alpha value is -3.76. The van der Waals surface area contributed by atoms with Crippen molar-refractivity contribution in [2.45, 2.75) is 120 Å². The molecule has 3 fully saturated rings. The molecule has 2 aromatic carbocycles. The zero-order chi connectivity index (χ0) is 41.6. The number of halogens is 1. The summed E-state index contributed by atoms with van der Waals surface area (Å²) in [7, 11) is -2.13. The van der Waals surface area contributed by atoms with Gasteiger partial charge in [0.25, 0.3) is 25.0 Å². The lowest BCUT2D eigenvalue weighted by molar-refractivity contribution is 0.0610. The summed E-state index contributed by atoms with van der Waals surface area (Å²) in [4.78, 5) is 22.2. The fraction of sp³-hybridized carbons (Fsp3) is 0.548. The molecule has 0 atom stereocenters. The molecule has 0 bridgehead atoms. The maximum Gasteiger partial charge on any atom is 0.267 e. The van der Waals surface area contributed by atoms with Crippen molar-refractivity contribution in [2.24, 2.45) is 11.8 Å². The second-order valence-electron chi connectivity index (χ2n) is 17.9. The predicted octanol–water partition coefficient (Wildman–Crippen LogP) is 7.38. The van der Waals surface area contributed by atoms with Crippen LogP contribution in [0.2, 0.25) is 0 Å². The molecule has 2 aliphatic heterocycles. The fourth-order valence-electron chi connectivity index (χ4n) is 7.70. The summed E-state index contributed by atoms with van der Waals surface area (Å²) in [5, 5.41) is 2.89. The van der Waals surface area contributed by atoms with Crippen LogP contribution in [0.5, 0.6) is 0 Å². The molecule has 2 saturated heterocycles. The van der Waals surface area contributed by atoms with E-state index in [2.05, 4.69) is 56.0 Å². The number of imidazole rings is 2. The van der Waals surface area contributed by atoms with Crippen molar-refractivity contribution in [3.8, 4) is 0 Å². The number of benzene rings is 2. The second-order valence-corrected chi connectivity index (χ2v) is 22.3. The van der Waals surface area contributed by atoms with Gasteiger partial charge in [-0.2, -0.15) is 0 Å². The molecule has 314 valence electrons. The minimum absolute atomic E-state index is 0.0906. The molecule has 1 saturated carbocycles. The SMILES string of the molecule is CC(C)(C)c1nc2cc(S(=O)(=O)Cl)ccc2n1CC1CCOCC1.CC(C)(C)c1nc2cc(S(=O)(=O)n3ccc(C(=O)NC4CC4)c3)ccc2n1CC1CCOCC1. The van der Waals surface area contributed by atoms with Crippen LogP contribution >= 0.6 is 10.7 Å². The van der Waals surface area contributed by atoms with Crippen LogP contribution in [0.15, 0.2) is 64.6 Å². The molecule has 5 aromatic rings. The van der Waals surface area contributed by atoms with Gasteiger partial charge in [-0.05, 0) is 92.8 Å². The topological polar surface area (TPSA) is 156 Å². The van der Waals surface area contributed by atoms with Crippen LogP contribution in [0.3, 0.4) is 0 Å². The number of aromatic nitrogens is 5. The molecule has 3 aliphatic rings. The third kappa shape index (κ3) is 9.49. The van der Waals surface area contributed by atoms with E-state index >= 15 is 0 Å². The third-order valence-corrected chi connectivity index (χ3v) is 14.0. The summed E-state index contributed by atoms with van der Waals surface area (Å²) in [6.07, 6.45) is 8.85. The van der Waals surface area contributed by atoms with Crippen molar-refractivity contribution >= 4 is 57.7 Å². The van der Waals surface area contributed by atoms with Crippen molar-refractivity contribution in [2.75, 3.05) is 26.4 Å². The standard InChI is InChI=1S/C25H32N4O4S.C17H23ClN2O3S/c1-25(2,3)24-27-21-14-20(6-7-22(21)29(24)15-17-9-12-33-13-10-17)34(31,32)28-11-8-18(16-28)23(30)26-19-4-5-19;1-17(2,3)16-19-14-10-13(24(18,21)22)4-5-15(14)20(16)11-12-6-8-23-9-7-12/h6-8,11,14,16-17,19H,4-5,9-10,12-13,15H2,1-3H3,(H,26,30);4-5,10,12H,6-9,11H2,1-3H3. The largest absolute Gasteiger partial charge is 0.381 e. The molecule has 1 N–H and O–H groups in total. The van der Waals surface area contributed by atoms with Crippen LogP contribution in [0, 0.1) is 11.8 Å². The van der Waals surface area contributed by atoms with Gasteiger partial charge < -0.3 is 23.9 Å². The Kier molecular flexibility index (Phi) is 12.0. The highest BCUT2D eigenvalue weighted by molar-refractivity contribution is 8.13. The van der Waals surface area contributed by atoms with Crippen LogP contribution in [-0.4, -0.2) is 78.3 Å². The number of nitrogens with one attached hydrogen (secondary N) is 1. The molecule has 58 heavy (non-hydrogen) atoms. The Morgan fingerprint density at radius 1 is 0.724 bits per heavy atom. The van der Waals surface area contributed by atoms with Crippen molar-refractivity contribution in [3.63, 3.8) is 0 Å². The van der Waals surface area contributed by atoms with Crippen molar-refractivity contribution in [3.05, 3.63) is 72.1 Å². The van der Waals surface area contributed by atoms with Crippen LogP contribution < -0.4 is 5.32 Å². The first-order chi connectivity index (χ1) is 27.3. The van der Waals surface area contributed by atoms with E-state index in [0.717, 1.165) is 105 Å². The highest BCUT2D eigenvalue weighted by Crippen LogP contribution is 2.33. The first-order valence-corrected chi connectivity index (χ1v) is 23.9. The first-order valence-electron chi connectivity index (χ1n) is 20.1. The molecule has 0 unspecified atom stereocenters. The Morgan fingerprint density at radius 3 is 1.64 bits per heavy atom. The summed E-state index contributed by atoms with van der Waals surface area (Å²) in [6, 6.07) is 11.8. The Balaban J connectivity index is 0.000000188. The van der Waals surface area contributed by atoms with Crippen molar-refractivity contribution in [1.29, 1.82) is 0 Å². The zero-order valence-electron chi connectivity index (χ0n) is 34.2. The molecule has 0 spiro atoms. The highest BCUT2D eigenvalue weighted by atomic mass is 35.7. The number of hydrogen-bond donors (Lipinski definition) is 1. The molecular weight excluding hydrogens is 800 g/mol. The van der Waals surface area contributed by atoms with E-state index in [1.54, 1.807) is 24.3 Å². The van der Waals surface area contributed by atoms with E-state index in [1.807, 2.05) is 12.1 Å². The lowest BCUT2D eigenvalue weighted by atomic mass is 9.94. The maximum absolute atomic E-state index is 13.3. The molecule has 13 nitrogen and oxygen atoms in total. The van der Waals surface area contributed by atoms with Crippen LogP contribution in [0.1, 0.15) is 102 Å². The summed E-state index contributed by atoms with van der Waals surface area (Å²) >= 11 is 0. The Morgan fingerprint density at radius 2 is 1.19 bits per heavy atom. The molecule has 5 heterocycles. The van der Waals surface area contributed by atoms with E-state index < -0.39 is 19.1 Å². The number of nitrogens with zero attached hydrogens (tertiary/aromatic N) is 5. The van der Waals surface area contributed by atoms with Gasteiger partial charge >= 0.3 is 0 Å². The van der Waals surface area contributed by atoms with Crippen LogP contribution in [-0.2, 0) is 52.5 Å². The Bertz CT molecular complexity index is 2510. The quantitative estimate of drug-likeness (QED) is 0.150. The smallest absolute Gasteiger partial charge is 0.267 e. The fourth-order valence-corrected chi connectivity index (χ4v) is 9.69. The summed E-state index contributed by atoms with van der Waals surface area (Å²) in [5.41, 5.74) is 3.25. The minimum Gasteiger partial charge on any atom is -0.381 e. The predicted molar refractivity (Wildman–Crippen MR) is 224 cm³/mol. The number of carbonyl (C=O) groups is 1. The monoisotopic (exact) mass is 854 g/mol. The third-order valence-electron chi connectivity index (χ3n) is 11.0. The lowest BCUT2D eigenvalue weighted by Crippen LogP contribution is -2.25. The molecular formula is C42H55ClN6O7S2. The average Bonchev–Trinajstić information content (AvgIpc) is 3.52. The van der Waals surface area contributed by atoms with E-state index in [1.165, 1.54) is 18.5 Å². The summed E-state index contributed by atoms with van der Waals surface area (Å²) in [6.45, 7) is 17.6. The number of ether oxygens (including phenoxy) is 2. The van der Waals surface area contributed by atoms with Gasteiger partial charge in [0.05, 0.1) is 37.4 Å². The zero-order valence-corrected chi connectivity index (χ0v) is 36.6. The molecule has 1 amide bonds. The summed E-state index contributed by atoms with van der Waals surface area (Å²) in [5.74, 6) is 2.73. The number of carbonyl (C=O) groups excluding carboxylic acids is 1. The van der Waals surface area contributed by atoms with Gasteiger partial charge in [-0.3, -0.25) is 4.79 Å². The van der Waals surface area contributed by atoms with Crippen LogP contribution in [0.25, 0.3) is 22.1 Å². The number of fused-ring (bicyclic) bond motifs is 2. The highest BCUT2D eigenvalue weighted by Gasteiger charge is 2.29. The normalized spacial score (nSPS) is 17.7. The van der Waals surface area contributed by atoms with Gasteiger partial charge in [0, 0.05) is 79.5 Å². The molecule has 16 heteroatoms. The molecule has 3 aromatic heterocycles. The Labute approximate surface area is 345 Å². The second kappa shape index (κ2) is 16.4. The van der Waals surface area contributed by atoms with Crippen molar-refractivity contribution in [1.82, 2.24) is 28.4 Å². The van der Waals surface area contributed by atoms with E-state index in [4.69, 9.17) is 30.1 Å². The van der Waals surface area contributed by atoms with Gasteiger partial charge in [-0.1, -0.05) is 41.5 Å². The number of rotatable bonds is 9. The van der Waals surface area contributed by atoms with Crippen LogP contribution in [0.4, 0.5) is 0 Å². The minimum atomic E-state index is -3.85. The lowest BCUT2D eigenvalue weighted by Gasteiger charge is -2.26. The molecule has 0 radical (unpaired) electrons.